The molecule has 3 aromatic rings. The fourth-order valence-electron chi connectivity index (χ4n) is 5.32. The molecule has 0 saturated carbocycles. The molecule has 5 heteroatoms. The van der Waals surface area contributed by atoms with Crippen molar-refractivity contribution in [3.63, 3.8) is 0 Å². The van der Waals surface area contributed by atoms with Gasteiger partial charge in [-0.3, -0.25) is 9.88 Å². The Morgan fingerprint density at radius 1 is 1.22 bits per heavy atom. The maximum atomic E-state index is 13.2. The average molecular weight is 429 g/mol. The van der Waals surface area contributed by atoms with Crippen LogP contribution in [-0.2, 0) is 4.74 Å². The molecule has 3 fully saturated rings. The lowest BCUT2D eigenvalue weighted by Crippen LogP contribution is -2.55. The number of piperidine rings is 3. The normalized spacial score (nSPS) is 25.3. The monoisotopic (exact) mass is 428 g/mol. The number of carbonyl (C=O) groups is 1. The van der Waals surface area contributed by atoms with Crippen LogP contribution in [0.3, 0.4) is 0 Å². The molecule has 3 aliphatic heterocycles. The van der Waals surface area contributed by atoms with E-state index in [2.05, 4.69) is 22.5 Å². The largest absolute Gasteiger partial charge is 0.497 e. The Labute approximate surface area is 188 Å². The number of fused-ring (bicyclic) bond motifs is 4. The van der Waals surface area contributed by atoms with Crippen molar-refractivity contribution in [2.75, 3.05) is 20.2 Å². The molecule has 0 spiro atoms. The number of benzene rings is 2. The summed E-state index contributed by atoms with van der Waals surface area (Å²) in [5, 5.41) is 0.959. The summed E-state index contributed by atoms with van der Waals surface area (Å²) in [4.78, 5) is 20.2. The van der Waals surface area contributed by atoms with E-state index in [-0.39, 0.29) is 12.0 Å². The number of nitrogens with zero attached hydrogens (tertiary/aromatic N) is 2. The van der Waals surface area contributed by atoms with Crippen LogP contribution in [-0.4, -0.2) is 42.1 Å². The Morgan fingerprint density at radius 3 is 2.78 bits per heavy atom. The average Bonchev–Trinajstić information content (AvgIpc) is 2.87. The number of methoxy groups -OCH3 is 1. The molecular weight excluding hydrogens is 400 g/mol. The van der Waals surface area contributed by atoms with Gasteiger partial charge in [0.25, 0.3) is 0 Å². The minimum Gasteiger partial charge on any atom is -0.497 e. The summed E-state index contributed by atoms with van der Waals surface area (Å²) < 4.78 is 11.8. The van der Waals surface area contributed by atoms with E-state index in [1.165, 1.54) is 0 Å². The maximum absolute atomic E-state index is 13.2. The first kappa shape index (κ1) is 20.7. The Kier molecular flexibility index (Phi) is 5.66. The summed E-state index contributed by atoms with van der Waals surface area (Å²) in [7, 11) is 1.66. The molecule has 5 nitrogen and oxygen atoms in total. The number of carbonyl (C=O) groups excluding carboxylic acids is 1. The van der Waals surface area contributed by atoms with E-state index in [1.807, 2.05) is 42.5 Å². The molecule has 2 bridgehead atoms. The number of hydrogen-bond acceptors (Lipinski definition) is 5. The van der Waals surface area contributed by atoms with Crippen molar-refractivity contribution in [3.8, 4) is 5.75 Å². The van der Waals surface area contributed by atoms with Crippen LogP contribution in [0.25, 0.3) is 10.9 Å². The number of rotatable bonds is 6. The van der Waals surface area contributed by atoms with Crippen molar-refractivity contribution >= 4 is 16.9 Å². The summed E-state index contributed by atoms with van der Waals surface area (Å²) in [6.07, 6.45) is 5.64. The van der Waals surface area contributed by atoms with Gasteiger partial charge in [0, 0.05) is 23.7 Å². The van der Waals surface area contributed by atoms with E-state index in [9.17, 15) is 4.79 Å². The van der Waals surface area contributed by atoms with Gasteiger partial charge in [-0.15, -0.1) is 6.58 Å². The van der Waals surface area contributed by atoms with Gasteiger partial charge >= 0.3 is 5.97 Å². The maximum Gasteiger partial charge on any atom is 0.338 e. The molecule has 164 valence electrons. The number of esters is 1. The molecule has 6 rings (SSSR count). The zero-order valence-corrected chi connectivity index (χ0v) is 18.3. The van der Waals surface area contributed by atoms with Crippen LogP contribution in [0.5, 0.6) is 5.75 Å². The third kappa shape index (κ3) is 3.78. The lowest BCUT2D eigenvalue weighted by Gasteiger charge is -2.51. The van der Waals surface area contributed by atoms with Crippen LogP contribution < -0.4 is 4.74 Å². The van der Waals surface area contributed by atoms with Crippen molar-refractivity contribution < 1.29 is 14.3 Å². The highest BCUT2D eigenvalue weighted by Crippen LogP contribution is 2.43. The summed E-state index contributed by atoms with van der Waals surface area (Å²) in [5.74, 6) is 1.53. The van der Waals surface area contributed by atoms with Gasteiger partial charge in [-0.1, -0.05) is 24.3 Å². The number of hydrogen-bond donors (Lipinski definition) is 0. The summed E-state index contributed by atoms with van der Waals surface area (Å²) >= 11 is 0. The fourth-order valence-corrected chi connectivity index (χ4v) is 5.32. The minimum absolute atomic E-state index is 0.120. The Balaban J connectivity index is 1.57. The van der Waals surface area contributed by atoms with Crippen LogP contribution >= 0.6 is 0 Å². The molecule has 3 aliphatic rings. The molecule has 0 radical (unpaired) electrons. The highest BCUT2D eigenvalue weighted by molar-refractivity contribution is 5.90. The predicted molar refractivity (Wildman–Crippen MR) is 125 cm³/mol. The molecule has 3 saturated heterocycles. The van der Waals surface area contributed by atoms with E-state index in [1.54, 1.807) is 25.4 Å². The third-order valence-electron chi connectivity index (χ3n) is 7.04. The van der Waals surface area contributed by atoms with E-state index < -0.39 is 6.10 Å². The molecule has 0 amide bonds. The summed E-state index contributed by atoms with van der Waals surface area (Å²) in [5.41, 5.74) is 2.41. The number of ether oxygens (including phenoxy) is 2. The second-order valence-corrected chi connectivity index (χ2v) is 8.72. The first-order valence-electron chi connectivity index (χ1n) is 11.2. The first-order chi connectivity index (χ1) is 15.7. The van der Waals surface area contributed by atoms with Gasteiger partial charge < -0.3 is 9.47 Å². The molecule has 1 aromatic heterocycles. The molecular formula is C27H28N2O3. The zero-order chi connectivity index (χ0) is 22.1. The van der Waals surface area contributed by atoms with Gasteiger partial charge in [0.05, 0.1) is 24.2 Å². The molecule has 5 atom stereocenters. The highest BCUT2D eigenvalue weighted by atomic mass is 16.5. The van der Waals surface area contributed by atoms with Crippen LogP contribution in [0.2, 0.25) is 0 Å². The number of aromatic nitrogens is 1. The molecule has 0 N–H and O–H groups in total. The smallest absolute Gasteiger partial charge is 0.338 e. The van der Waals surface area contributed by atoms with Crippen LogP contribution in [0.4, 0.5) is 0 Å². The summed E-state index contributed by atoms with van der Waals surface area (Å²) in [6.45, 7) is 6.03. The topological polar surface area (TPSA) is 51.7 Å². The first-order valence-corrected chi connectivity index (χ1v) is 11.2. The van der Waals surface area contributed by atoms with E-state index >= 15 is 0 Å². The highest BCUT2D eigenvalue weighted by Gasteiger charge is 2.44. The Morgan fingerprint density at radius 2 is 2.06 bits per heavy atom. The fraction of sp³-hybridized carbons (Fsp3) is 0.333. The molecule has 2 aromatic carbocycles. The van der Waals surface area contributed by atoms with E-state index in [0.717, 1.165) is 48.1 Å². The molecule has 32 heavy (non-hydrogen) atoms. The van der Waals surface area contributed by atoms with Gasteiger partial charge in [0.1, 0.15) is 11.9 Å². The van der Waals surface area contributed by atoms with Gasteiger partial charge in [0.15, 0.2) is 0 Å². The van der Waals surface area contributed by atoms with Gasteiger partial charge in [-0.2, -0.15) is 0 Å². The zero-order valence-electron chi connectivity index (χ0n) is 18.3. The Hall–Kier alpha value is -3.18. The van der Waals surface area contributed by atoms with Crippen molar-refractivity contribution in [2.45, 2.75) is 25.0 Å². The van der Waals surface area contributed by atoms with Gasteiger partial charge in [-0.25, -0.2) is 4.79 Å². The predicted octanol–water partition coefficient (Wildman–Crippen LogP) is 5.04. The SMILES string of the molecule is C=C[C@H]1CN2CC[C@@H]1C[C@@H]2[C@H](OC(=O)c1ccccc1)c1ccnc2ccc(OC)cc12. The minimum atomic E-state index is -0.395. The van der Waals surface area contributed by atoms with E-state index in [4.69, 9.17) is 9.47 Å². The third-order valence-corrected chi connectivity index (χ3v) is 7.04. The van der Waals surface area contributed by atoms with Crippen molar-refractivity contribution in [1.29, 1.82) is 0 Å². The van der Waals surface area contributed by atoms with Gasteiger partial charge in [0.2, 0.25) is 0 Å². The lowest BCUT2D eigenvalue weighted by molar-refractivity contribution is -0.0568. The van der Waals surface area contributed by atoms with E-state index in [0.29, 0.717) is 17.4 Å². The molecule has 0 aliphatic carbocycles. The second-order valence-electron chi connectivity index (χ2n) is 8.72. The van der Waals surface area contributed by atoms with Crippen LogP contribution in [0.15, 0.2) is 73.4 Å². The molecule has 1 unspecified atom stereocenters. The summed E-state index contributed by atoms with van der Waals surface area (Å²) in [6, 6.07) is 17.2. The van der Waals surface area contributed by atoms with Crippen LogP contribution in [0, 0.1) is 11.8 Å². The van der Waals surface area contributed by atoms with Crippen molar-refractivity contribution in [2.24, 2.45) is 11.8 Å². The van der Waals surface area contributed by atoms with Crippen molar-refractivity contribution in [1.82, 2.24) is 9.88 Å². The standard InChI is InChI=1S/C27H28N2O3/c1-3-18-17-29-14-12-20(18)15-25(29)26(32-27(30)19-7-5-4-6-8-19)22-11-13-28-24-10-9-21(31-2)16-23(22)24/h3-11,13,16,18,20,25-26H,1,12,14-15,17H2,2H3/t18-,20+,25+,26+/m0/s1. The second kappa shape index (κ2) is 8.75. The quantitative estimate of drug-likeness (QED) is 0.407. The number of pyridine rings is 1. The van der Waals surface area contributed by atoms with Crippen molar-refractivity contribution in [3.05, 3.63) is 84.6 Å². The van der Waals surface area contributed by atoms with Crippen LogP contribution in [0.1, 0.15) is 34.9 Å². The Bertz CT molecular complexity index is 1130. The lowest BCUT2D eigenvalue weighted by atomic mass is 9.73. The molecule has 4 heterocycles. The van der Waals surface area contributed by atoms with Gasteiger partial charge in [-0.05, 0) is 67.6 Å².